The molecular weight excluding hydrogens is 256 g/mol. The Morgan fingerprint density at radius 2 is 2.14 bits per heavy atom. The van der Waals surface area contributed by atoms with E-state index in [0.717, 1.165) is 18.4 Å². The topological polar surface area (TPSA) is 15.3 Å². The quantitative estimate of drug-likeness (QED) is 0.900. The summed E-state index contributed by atoms with van der Waals surface area (Å²) in [5, 5.41) is 3.82. The third kappa shape index (κ3) is 3.11. The second-order valence-corrected chi connectivity index (χ2v) is 7.08. The van der Waals surface area contributed by atoms with E-state index in [1.54, 1.807) is 0 Å². The van der Waals surface area contributed by atoms with Gasteiger partial charge in [-0.1, -0.05) is 32.4 Å². The summed E-state index contributed by atoms with van der Waals surface area (Å²) in [7, 11) is 2.21. The summed E-state index contributed by atoms with van der Waals surface area (Å²) in [6.45, 7) is 7.00. The number of nitrogens with one attached hydrogen (secondary N) is 1. The molecule has 116 valence electrons. The maximum atomic E-state index is 3.82. The van der Waals surface area contributed by atoms with Crippen molar-refractivity contribution in [1.82, 2.24) is 5.32 Å². The summed E-state index contributed by atoms with van der Waals surface area (Å²) in [4.78, 5) is 2.39. The maximum Gasteiger partial charge on any atom is 0.0396 e. The van der Waals surface area contributed by atoms with Gasteiger partial charge in [0, 0.05) is 31.9 Å². The van der Waals surface area contributed by atoms with Crippen molar-refractivity contribution in [2.75, 3.05) is 18.5 Å². The Morgan fingerprint density at radius 1 is 1.29 bits per heavy atom. The van der Waals surface area contributed by atoms with Crippen molar-refractivity contribution in [3.63, 3.8) is 0 Å². The standard InChI is InChI=1S/C19H30N2/c1-4-16-8-9-18(14(16)2)20-13-15-7-10-19-17(12-15)6-5-11-21(19)3/h7,10,12,14,16,18,20H,4-6,8-9,11,13H2,1-3H3. The van der Waals surface area contributed by atoms with Crippen LogP contribution in [0.25, 0.3) is 0 Å². The second kappa shape index (κ2) is 6.39. The van der Waals surface area contributed by atoms with Gasteiger partial charge >= 0.3 is 0 Å². The van der Waals surface area contributed by atoms with Gasteiger partial charge in [0.2, 0.25) is 0 Å². The Kier molecular flexibility index (Phi) is 4.54. The predicted molar refractivity (Wildman–Crippen MR) is 90.8 cm³/mol. The molecule has 2 nitrogen and oxygen atoms in total. The van der Waals surface area contributed by atoms with Gasteiger partial charge in [-0.2, -0.15) is 0 Å². The summed E-state index contributed by atoms with van der Waals surface area (Å²) in [6, 6.07) is 7.77. The molecule has 3 unspecified atom stereocenters. The fourth-order valence-corrected chi connectivity index (χ4v) is 4.31. The first-order valence-corrected chi connectivity index (χ1v) is 8.75. The Labute approximate surface area is 129 Å². The summed E-state index contributed by atoms with van der Waals surface area (Å²) in [5.74, 6) is 1.76. The van der Waals surface area contributed by atoms with Crippen molar-refractivity contribution in [3.05, 3.63) is 29.3 Å². The zero-order valence-electron chi connectivity index (χ0n) is 13.9. The fraction of sp³-hybridized carbons (Fsp3) is 0.684. The van der Waals surface area contributed by atoms with Gasteiger partial charge in [0.25, 0.3) is 0 Å². The molecule has 0 spiro atoms. The third-order valence-corrected chi connectivity index (χ3v) is 5.81. The minimum atomic E-state index is 0.716. The van der Waals surface area contributed by atoms with Crippen LogP contribution in [-0.4, -0.2) is 19.6 Å². The highest BCUT2D eigenvalue weighted by Crippen LogP contribution is 2.34. The molecule has 1 N–H and O–H groups in total. The van der Waals surface area contributed by atoms with Crippen LogP contribution in [0.3, 0.4) is 0 Å². The number of benzene rings is 1. The van der Waals surface area contributed by atoms with E-state index >= 15 is 0 Å². The maximum absolute atomic E-state index is 3.82. The van der Waals surface area contributed by atoms with E-state index in [1.165, 1.54) is 55.5 Å². The number of fused-ring (bicyclic) bond motifs is 1. The van der Waals surface area contributed by atoms with Gasteiger partial charge in [0.05, 0.1) is 0 Å². The molecule has 3 rings (SSSR count). The predicted octanol–water partition coefficient (Wildman–Crippen LogP) is 3.98. The van der Waals surface area contributed by atoms with Gasteiger partial charge in [-0.25, -0.2) is 0 Å². The van der Waals surface area contributed by atoms with E-state index in [1.807, 2.05) is 0 Å². The molecule has 1 saturated carbocycles. The highest BCUT2D eigenvalue weighted by Gasteiger charge is 2.30. The Hall–Kier alpha value is -1.02. The van der Waals surface area contributed by atoms with Gasteiger partial charge in [0.1, 0.15) is 0 Å². The van der Waals surface area contributed by atoms with Gasteiger partial charge in [0.15, 0.2) is 0 Å². The first kappa shape index (κ1) is 14.9. The molecule has 3 atom stereocenters. The molecule has 1 heterocycles. The summed E-state index contributed by atoms with van der Waals surface area (Å²) < 4.78 is 0. The molecule has 2 aliphatic rings. The Morgan fingerprint density at radius 3 is 2.90 bits per heavy atom. The molecule has 0 bridgehead atoms. The average molecular weight is 286 g/mol. The lowest BCUT2D eigenvalue weighted by Gasteiger charge is -2.28. The lowest BCUT2D eigenvalue weighted by Crippen LogP contribution is -2.32. The van der Waals surface area contributed by atoms with Gasteiger partial charge < -0.3 is 10.2 Å². The van der Waals surface area contributed by atoms with E-state index in [-0.39, 0.29) is 0 Å². The zero-order chi connectivity index (χ0) is 14.8. The molecule has 1 aromatic carbocycles. The Balaban J connectivity index is 1.61. The van der Waals surface area contributed by atoms with Crippen LogP contribution in [0.15, 0.2) is 18.2 Å². The normalized spacial score (nSPS) is 28.7. The monoisotopic (exact) mass is 286 g/mol. The number of anilines is 1. The fourth-order valence-electron chi connectivity index (χ4n) is 4.31. The molecule has 1 fully saturated rings. The number of hydrogen-bond acceptors (Lipinski definition) is 2. The first-order chi connectivity index (χ1) is 10.2. The van der Waals surface area contributed by atoms with Crippen LogP contribution in [0.1, 0.15) is 50.7 Å². The van der Waals surface area contributed by atoms with Crippen LogP contribution in [0.2, 0.25) is 0 Å². The lowest BCUT2D eigenvalue weighted by atomic mass is 9.93. The van der Waals surface area contributed by atoms with Crippen molar-refractivity contribution in [2.24, 2.45) is 11.8 Å². The molecule has 0 amide bonds. The number of rotatable bonds is 4. The van der Waals surface area contributed by atoms with Crippen LogP contribution in [-0.2, 0) is 13.0 Å². The van der Waals surface area contributed by atoms with Crippen LogP contribution in [0.5, 0.6) is 0 Å². The largest absolute Gasteiger partial charge is 0.374 e. The number of hydrogen-bond donors (Lipinski definition) is 1. The number of aryl methyl sites for hydroxylation is 1. The van der Waals surface area contributed by atoms with Crippen LogP contribution >= 0.6 is 0 Å². The van der Waals surface area contributed by atoms with Crippen molar-refractivity contribution < 1.29 is 0 Å². The minimum absolute atomic E-state index is 0.716. The number of nitrogens with zero attached hydrogens (tertiary/aromatic N) is 1. The zero-order valence-corrected chi connectivity index (χ0v) is 13.9. The van der Waals surface area contributed by atoms with Crippen LogP contribution in [0.4, 0.5) is 5.69 Å². The molecule has 1 aliphatic carbocycles. The Bertz CT molecular complexity index is 482. The van der Waals surface area contributed by atoms with E-state index in [0.29, 0.717) is 6.04 Å². The molecule has 1 aliphatic heterocycles. The van der Waals surface area contributed by atoms with Crippen molar-refractivity contribution in [3.8, 4) is 0 Å². The summed E-state index contributed by atoms with van der Waals surface area (Å²) >= 11 is 0. The third-order valence-electron chi connectivity index (χ3n) is 5.81. The van der Waals surface area contributed by atoms with Crippen LogP contribution in [0, 0.1) is 11.8 Å². The van der Waals surface area contributed by atoms with E-state index < -0.39 is 0 Å². The van der Waals surface area contributed by atoms with E-state index in [4.69, 9.17) is 0 Å². The van der Waals surface area contributed by atoms with Crippen molar-refractivity contribution in [2.45, 2.75) is 58.5 Å². The van der Waals surface area contributed by atoms with Gasteiger partial charge in [-0.3, -0.25) is 0 Å². The molecule has 2 heteroatoms. The lowest BCUT2D eigenvalue weighted by molar-refractivity contribution is 0.344. The molecule has 21 heavy (non-hydrogen) atoms. The van der Waals surface area contributed by atoms with Crippen LogP contribution < -0.4 is 10.2 Å². The van der Waals surface area contributed by atoms with E-state index in [9.17, 15) is 0 Å². The molecule has 0 radical (unpaired) electrons. The highest BCUT2D eigenvalue weighted by atomic mass is 15.1. The van der Waals surface area contributed by atoms with Crippen molar-refractivity contribution >= 4 is 5.69 Å². The minimum Gasteiger partial charge on any atom is -0.374 e. The summed E-state index contributed by atoms with van der Waals surface area (Å²) in [6.07, 6.45) is 6.63. The van der Waals surface area contributed by atoms with Gasteiger partial charge in [-0.05, 0) is 54.7 Å². The molecular formula is C19H30N2. The SMILES string of the molecule is CCC1CCC(NCc2ccc3c(c2)CCCN3C)C1C. The molecule has 0 aromatic heterocycles. The second-order valence-electron chi connectivity index (χ2n) is 7.08. The first-order valence-electron chi connectivity index (χ1n) is 8.75. The van der Waals surface area contributed by atoms with Gasteiger partial charge in [-0.15, -0.1) is 0 Å². The highest BCUT2D eigenvalue weighted by molar-refractivity contribution is 5.56. The molecule has 0 saturated heterocycles. The summed E-state index contributed by atoms with van der Waals surface area (Å²) in [5.41, 5.74) is 4.43. The van der Waals surface area contributed by atoms with Crippen molar-refractivity contribution in [1.29, 1.82) is 0 Å². The smallest absolute Gasteiger partial charge is 0.0396 e. The molecule has 1 aromatic rings. The van der Waals surface area contributed by atoms with E-state index in [2.05, 4.69) is 49.3 Å². The average Bonchev–Trinajstić information content (AvgIpc) is 2.85.